The molecule has 96 valence electrons. The predicted octanol–water partition coefficient (Wildman–Crippen LogP) is 2.64. The molecule has 0 aromatic carbocycles. The molecule has 18 heavy (non-hydrogen) atoms. The normalized spacial score (nSPS) is 20.3. The number of alkyl halides is 3. The lowest BCUT2D eigenvalue weighted by Gasteiger charge is -2.16. The number of anilines is 1. The molecule has 2 rings (SSSR count). The number of nitrogens with zero attached hydrogens (tertiary/aromatic N) is 2. The van der Waals surface area contributed by atoms with E-state index in [1.165, 1.54) is 11.0 Å². The number of hydrogen-bond acceptors (Lipinski definition) is 2. The fourth-order valence-corrected chi connectivity index (χ4v) is 1.86. The minimum atomic E-state index is -4.46. The minimum Gasteiger partial charge on any atom is -0.310 e. The van der Waals surface area contributed by atoms with Crippen LogP contribution in [0.1, 0.15) is 12.1 Å². The van der Waals surface area contributed by atoms with E-state index >= 15 is 0 Å². The maximum Gasteiger partial charge on any atom is 0.433 e. The Hall–Kier alpha value is -1.85. The van der Waals surface area contributed by atoms with Crippen molar-refractivity contribution in [3.63, 3.8) is 0 Å². The SMILES string of the molecule is C=CC1CC(=O)N(c2ccc(C(F)(F)F)nc2)C1. The van der Waals surface area contributed by atoms with E-state index in [0.29, 0.717) is 18.7 Å². The second-order valence-corrected chi connectivity index (χ2v) is 4.10. The van der Waals surface area contributed by atoms with Gasteiger partial charge in [0.1, 0.15) is 5.69 Å². The molecule has 1 aromatic rings. The van der Waals surface area contributed by atoms with Crippen molar-refractivity contribution in [3.05, 3.63) is 36.7 Å². The van der Waals surface area contributed by atoms with Crippen LogP contribution in [0.15, 0.2) is 31.0 Å². The first-order valence-corrected chi connectivity index (χ1v) is 5.38. The van der Waals surface area contributed by atoms with E-state index in [9.17, 15) is 18.0 Å². The predicted molar refractivity (Wildman–Crippen MR) is 59.9 cm³/mol. The van der Waals surface area contributed by atoms with Gasteiger partial charge >= 0.3 is 6.18 Å². The molecule has 0 N–H and O–H groups in total. The summed E-state index contributed by atoms with van der Waals surface area (Å²) in [7, 11) is 0. The summed E-state index contributed by atoms with van der Waals surface area (Å²) in [4.78, 5) is 16.4. The van der Waals surface area contributed by atoms with Crippen LogP contribution in [0.2, 0.25) is 0 Å². The van der Waals surface area contributed by atoms with E-state index in [1.807, 2.05) is 0 Å². The first kappa shape index (κ1) is 12.6. The van der Waals surface area contributed by atoms with Gasteiger partial charge in [-0.25, -0.2) is 4.98 Å². The highest BCUT2D eigenvalue weighted by molar-refractivity contribution is 5.95. The van der Waals surface area contributed by atoms with E-state index in [-0.39, 0.29) is 11.8 Å². The van der Waals surface area contributed by atoms with E-state index in [0.717, 1.165) is 12.3 Å². The molecule has 1 saturated heterocycles. The molecule has 1 fully saturated rings. The van der Waals surface area contributed by atoms with Crippen molar-refractivity contribution in [2.24, 2.45) is 5.92 Å². The average molecular weight is 256 g/mol. The molecule has 1 aliphatic rings. The van der Waals surface area contributed by atoms with Gasteiger partial charge in [0.15, 0.2) is 0 Å². The molecule has 0 saturated carbocycles. The number of aromatic nitrogens is 1. The molecule has 1 amide bonds. The summed E-state index contributed by atoms with van der Waals surface area (Å²) in [6.07, 6.45) is -1.37. The highest BCUT2D eigenvalue weighted by Crippen LogP contribution is 2.30. The zero-order chi connectivity index (χ0) is 13.3. The lowest BCUT2D eigenvalue weighted by atomic mass is 10.1. The molecule has 1 atom stereocenters. The summed E-state index contributed by atoms with van der Waals surface area (Å²) >= 11 is 0. The van der Waals surface area contributed by atoms with Gasteiger partial charge in [0.05, 0.1) is 11.9 Å². The van der Waals surface area contributed by atoms with Gasteiger partial charge in [-0.05, 0) is 12.1 Å². The fraction of sp³-hybridized carbons (Fsp3) is 0.333. The Bertz CT molecular complexity index is 467. The smallest absolute Gasteiger partial charge is 0.310 e. The van der Waals surface area contributed by atoms with Crippen molar-refractivity contribution in [1.82, 2.24) is 4.98 Å². The summed E-state index contributed by atoms with van der Waals surface area (Å²) in [6, 6.07) is 2.14. The zero-order valence-corrected chi connectivity index (χ0v) is 9.44. The Labute approximate surface area is 102 Å². The third-order valence-electron chi connectivity index (χ3n) is 2.84. The van der Waals surface area contributed by atoms with Gasteiger partial charge in [-0.3, -0.25) is 4.79 Å². The van der Waals surface area contributed by atoms with Gasteiger partial charge < -0.3 is 4.90 Å². The first-order valence-electron chi connectivity index (χ1n) is 5.38. The molecule has 0 bridgehead atoms. The van der Waals surface area contributed by atoms with Crippen LogP contribution in [0.5, 0.6) is 0 Å². The van der Waals surface area contributed by atoms with Crippen molar-refractivity contribution < 1.29 is 18.0 Å². The molecule has 1 aromatic heterocycles. The standard InChI is InChI=1S/C12H11F3N2O/c1-2-8-5-11(18)17(7-8)9-3-4-10(16-6-9)12(13,14)15/h2-4,6,8H,1,5,7H2. The quantitative estimate of drug-likeness (QED) is 0.762. The molecule has 2 heterocycles. The molecule has 3 nitrogen and oxygen atoms in total. The van der Waals surface area contributed by atoms with E-state index in [1.54, 1.807) is 6.08 Å². The van der Waals surface area contributed by atoms with E-state index < -0.39 is 11.9 Å². The van der Waals surface area contributed by atoms with Gasteiger partial charge in [0.2, 0.25) is 5.91 Å². The van der Waals surface area contributed by atoms with Gasteiger partial charge in [-0.15, -0.1) is 6.58 Å². The molecule has 0 radical (unpaired) electrons. The van der Waals surface area contributed by atoms with Crippen LogP contribution in [0.3, 0.4) is 0 Å². The summed E-state index contributed by atoms with van der Waals surface area (Å²) < 4.78 is 37.0. The minimum absolute atomic E-state index is 0.0415. The van der Waals surface area contributed by atoms with E-state index in [4.69, 9.17) is 0 Å². The van der Waals surface area contributed by atoms with Crippen molar-refractivity contribution >= 4 is 11.6 Å². The molecule has 0 aliphatic carbocycles. The van der Waals surface area contributed by atoms with Crippen LogP contribution >= 0.6 is 0 Å². The van der Waals surface area contributed by atoms with Crippen molar-refractivity contribution in [1.29, 1.82) is 0 Å². The maximum atomic E-state index is 12.3. The number of hydrogen-bond donors (Lipinski definition) is 0. The molecular weight excluding hydrogens is 245 g/mol. The number of halogens is 3. The van der Waals surface area contributed by atoms with Crippen LogP contribution in [0, 0.1) is 5.92 Å². The number of amides is 1. The Kier molecular flexibility index (Phi) is 3.11. The monoisotopic (exact) mass is 256 g/mol. The van der Waals surface area contributed by atoms with Crippen molar-refractivity contribution in [2.45, 2.75) is 12.6 Å². The van der Waals surface area contributed by atoms with Crippen molar-refractivity contribution in [2.75, 3.05) is 11.4 Å². The Morgan fingerprint density at radius 1 is 1.44 bits per heavy atom. The van der Waals surface area contributed by atoms with Crippen LogP contribution in [0.4, 0.5) is 18.9 Å². The molecule has 6 heteroatoms. The summed E-state index contributed by atoms with van der Waals surface area (Å²) in [5.41, 5.74) is -0.574. The highest BCUT2D eigenvalue weighted by Gasteiger charge is 2.33. The third-order valence-corrected chi connectivity index (χ3v) is 2.84. The molecular formula is C12H11F3N2O. The lowest BCUT2D eigenvalue weighted by molar-refractivity contribution is -0.141. The highest BCUT2D eigenvalue weighted by atomic mass is 19.4. The molecule has 1 unspecified atom stereocenters. The number of pyridine rings is 1. The second-order valence-electron chi connectivity index (χ2n) is 4.10. The molecule has 0 spiro atoms. The van der Waals surface area contributed by atoms with Gasteiger partial charge in [-0.1, -0.05) is 6.08 Å². The topological polar surface area (TPSA) is 33.2 Å². The van der Waals surface area contributed by atoms with Crippen LogP contribution in [-0.4, -0.2) is 17.4 Å². The van der Waals surface area contributed by atoms with Gasteiger partial charge in [-0.2, -0.15) is 13.2 Å². The van der Waals surface area contributed by atoms with Gasteiger partial charge in [0, 0.05) is 18.9 Å². The van der Waals surface area contributed by atoms with Crippen molar-refractivity contribution in [3.8, 4) is 0 Å². The third kappa shape index (κ3) is 2.37. The average Bonchev–Trinajstić information content (AvgIpc) is 2.70. The molecule has 1 aliphatic heterocycles. The second kappa shape index (κ2) is 4.44. The fourth-order valence-electron chi connectivity index (χ4n) is 1.86. The number of carbonyl (C=O) groups is 1. The Balaban J connectivity index is 2.20. The van der Waals surface area contributed by atoms with E-state index in [2.05, 4.69) is 11.6 Å². The Morgan fingerprint density at radius 2 is 2.17 bits per heavy atom. The maximum absolute atomic E-state index is 12.3. The van der Waals surface area contributed by atoms with Crippen LogP contribution in [0.25, 0.3) is 0 Å². The summed E-state index contributed by atoms with van der Waals surface area (Å²) in [5.74, 6) is -0.0822. The van der Waals surface area contributed by atoms with Gasteiger partial charge in [0.25, 0.3) is 0 Å². The lowest BCUT2D eigenvalue weighted by Crippen LogP contribution is -2.24. The van der Waals surface area contributed by atoms with Crippen LogP contribution < -0.4 is 4.90 Å². The number of carbonyl (C=O) groups excluding carboxylic acids is 1. The number of rotatable bonds is 2. The first-order chi connectivity index (χ1) is 8.41. The Morgan fingerprint density at radius 3 is 2.61 bits per heavy atom. The summed E-state index contributed by atoms with van der Waals surface area (Å²) in [6.45, 7) is 4.05. The van der Waals surface area contributed by atoms with Crippen LogP contribution in [-0.2, 0) is 11.0 Å². The zero-order valence-electron chi connectivity index (χ0n) is 9.44. The largest absolute Gasteiger partial charge is 0.433 e. The summed E-state index contributed by atoms with van der Waals surface area (Å²) in [5, 5.41) is 0.